The molecule has 134 valence electrons. The largest absolute Gasteiger partial charge is 0.306 e. The summed E-state index contributed by atoms with van der Waals surface area (Å²) in [5.41, 5.74) is 7.87. The summed E-state index contributed by atoms with van der Waals surface area (Å²) in [7, 11) is 0. The van der Waals surface area contributed by atoms with Crippen LogP contribution >= 0.6 is 0 Å². The molecule has 0 radical (unpaired) electrons. The number of hydrogen-bond donors (Lipinski definition) is 0. The van der Waals surface area contributed by atoms with Crippen molar-refractivity contribution in [2.45, 2.75) is 12.8 Å². The van der Waals surface area contributed by atoms with Crippen LogP contribution in [-0.2, 0) is 12.8 Å². The molecule has 0 spiro atoms. The van der Waals surface area contributed by atoms with Gasteiger partial charge in [0.05, 0.1) is 0 Å². The fraction of sp³-hybridized carbons (Fsp3) is 0.0833. The molecular formula is C24H18N4. The van der Waals surface area contributed by atoms with Gasteiger partial charge in [0.25, 0.3) is 0 Å². The van der Waals surface area contributed by atoms with Crippen molar-refractivity contribution < 1.29 is 0 Å². The molecule has 4 heteroatoms. The number of fused-ring (bicyclic) bond motifs is 6. The minimum Gasteiger partial charge on any atom is -0.306 e. The monoisotopic (exact) mass is 362 g/mol. The maximum absolute atomic E-state index is 2.31. The molecule has 4 aromatic heterocycles. The highest BCUT2D eigenvalue weighted by Gasteiger charge is 2.23. The Morgan fingerprint density at radius 3 is 1.57 bits per heavy atom. The maximum Gasteiger partial charge on any atom is 0.125 e. The van der Waals surface area contributed by atoms with Gasteiger partial charge < -0.3 is 18.3 Å². The third-order valence-electron chi connectivity index (χ3n) is 6.13. The summed E-state index contributed by atoms with van der Waals surface area (Å²) in [5.74, 6) is 2.53. The smallest absolute Gasteiger partial charge is 0.125 e. The van der Waals surface area contributed by atoms with Gasteiger partial charge in [-0.25, -0.2) is 0 Å². The normalized spacial score (nSPS) is 13.4. The van der Waals surface area contributed by atoms with Crippen LogP contribution in [0.25, 0.3) is 23.0 Å². The van der Waals surface area contributed by atoms with Gasteiger partial charge in [-0.1, -0.05) is 6.07 Å². The molecule has 0 bridgehead atoms. The first kappa shape index (κ1) is 14.4. The molecule has 2 aliphatic rings. The van der Waals surface area contributed by atoms with Crippen molar-refractivity contribution in [3.63, 3.8) is 0 Å². The van der Waals surface area contributed by atoms with E-state index >= 15 is 0 Å². The van der Waals surface area contributed by atoms with Crippen LogP contribution in [0.1, 0.15) is 22.5 Å². The number of nitrogens with zero attached hydrogens (tertiary/aromatic N) is 4. The van der Waals surface area contributed by atoms with Crippen molar-refractivity contribution in [2.24, 2.45) is 0 Å². The van der Waals surface area contributed by atoms with E-state index in [4.69, 9.17) is 0 Å². The lowest BCUT2D eigenvalue weighted by Crippen LogP contribution is -2.04. The van der Waals surface area contributed by atoms with Crippen molar-refractivity contribution in [2.75, 3.05) is 0 Å². The molecule has 4 nitrogen and oxygen atoms in total. The molecule has 1 aromatic carbocycles. The van der Waals surface area contributed by atoms with Crippen LogP contribution in [0, 0.1) is 0 Å². The lowest BCUT2D eigenvalue weighted by Gasteiger charge is -2.14. The Hall–Kier alpha value is -3.66. The predicted molar refractivity (Wildman–Crippen MR) is 109 cm³/mol. The Morgan fingerprint density at radius 1 is 0.500 bits per heavy atom. The van der Waals surface area contributed by atoms with Crippen molar-refractivity contribution in [1.29, 1.82) is 0 Å². The van der Waals surface area contributed by atoms with E-state index in [1.54, 1.807) is 0 Å². The minimum atomic E-state index is 1.01. The Bertz CT molecular complexity index is 1270. The quantitative estimate of drug-likeness (QED) is 0.426. The van der Waals surface area contributed by atoms with Gasteiger partial charge in [0.1, 0.15) is 11.6 Å². The van der Waals surface area contributed by atoms with Gasteiger partial charge >= 0.3 is 0 Å². The number of hydrogen-bond acceptors (Lipinski definition) is 0. The van der Waals surface area contributed by atoms with Crippen LogP contribution in [0.2, 0.25) is 0 Å². The SMILES string of the molecule is c1cc(-n2ccc3c2-n2cccc2C3)cc(-n2ccc3c2-n2cccc2C3)c1. The molecule has 0 saturated heterocycles. The summed E-state index contributed by atoms with van der Waals surface area (Å²) < 4.78 is 9.23. The summed E-state index contributed by atoms with van der Waals surface area (Å²) in [5, 5.41) is 0. The Balaban J connectivity index is 1.39. The summed E-state index contributed by atoms with van der Waals surface area (Å²) >= 11 is 0. The van der Waals surface area contributed by atoms with Crippen molar-refractivity contribution in [3.05, 3.63) is 108 Å². The van der Waals surface area contributed by atoms with E-state index in [1.807, 2.05) is 0 Å². The number of rotatable bonds is 2. The van der Waals surface area contributed by atoms with Crippen molar-refractivity contribution in [1.82, 2.24) is 18.3 Å². The highest BCUT2D eigenvalue weighted by molar-refractivity contribution is 5.57. The van der Waals surface area contributed by atoms with E-state index in [2.05, 4.69) is 104 Å². The Labute approximate surface area is 162 Å². The van der Waals surface area contributed by atoms with E-state index in [-0.39, 0.29) is 0 Å². The van der Waals surface area contributed by atoms with Crippen LogP contribution in [-0.4, -0.2) is 18.3 Å². The molecule has 5 aromatic rings. The fourth-order valence-corrected chi connectivity index (χ4v) is 4.88. The van der Waals surface area contributed by atoms with Gasteiger partial charge in [-0.3, -0.25) is 0 Å². The standard InChI is InChI=1S/C24H18N4/c1-4-21(27-12-8-17-14-19-6-2-10-25(19)23(17)27)16-22(5-1)28-13-9-18-15-20-7-3-11-26(20)24(18)28/h1-13,16H,14-15H2. The zero-order valence-electron chi connectivity index (χ0n) is 15.3. The van der Waals surface area contributed by atoms with Crippen LogP contribution in [0.3, 0.4) is 0 Å². The molecule has 0 saturated carbocycles. The van der Waals surface area contributed by atoms with Crippen LogP contribution < -0.4 is 0 Å². The molecule has 28 heavy (non-hydrogen) atoms. The third kappa shape index (κ3) is 1.75. The second-order valence-electron chi connectivity index (χ2n) is 7.68. The summed E-state index contributed by atoms with van der Waals surface area (Å²) in [6.45, 7) is 0. The van der Waals surface area contributed by atoms with Crippen molar-refractivity contribution in [3.8, 4) is 23.0 Å². The van der Waals surface area contributed by atoms with Crippen LogP contribution in [0.5, 0.6) is 0 Å². The van der Waals surface area contributed by atoms with Crippen LogP contribution in [0.4, 0.5) is 0 Å². The predicted octanol–water partition coefficient (Wildman–Crippen LogP) is 4.66. The number of aromatic nitrogens is 4. The van der Waals surface area contributed by atoms with Crippen molar-refractivity contribution >= 4 is 0 Å². The lowest BCUT2D eigenvalue weighted by atomic mass is 10.2. The molecule has 7 rings (SSSR count). The molecule has 0 amide bonds. The molecular weight excluding hydrogens is 344 g/mol. The highest BCUT2D eigenvalue weighted by atomic mass is 15.2. The maximum atomic E-state index is 2.31. The Morgan fingerprint density at radius 2 is 1.04 bits per heavy atom. The Kier molecular flexibility index (Phi) is 2.56. The topological polar surface area (TPSA) is 19.7 Å². The molecule has 0 aliphatic carbocycles. The van der Waals surface area contributed by atoms with Gasteiger partial charge in [-0.15, -0.1) is 0 Å². The number of benzene rings is 1. The summed E-state index contributed by atoms with van der Waals surface area (Å²) in [6.07, 6.45) is 10.7. The highest BCUT2D eigenvalue weighted by Crippen LogP contribution is 2.34. The van der Waals surface area contributed by atoms with E-state index in [0.717, 1.165) is 12.8 Å². The molecule has 0 fully saturated rings. The van der Waals surface area contributed by atoms with Gasteiger partial charge in [0.2, 0.25) is 0 Å². The zero-order chi connectivity index (χ0) is 18.2. The average molecular weight is 362 g/mol. The first-order valence-corrected chi connectivity index (χ1v) is 9.71. The average Bonchev–Trinajstić information content (AvgIpc) is 3.48. The molecule has 0 N–H and O–H groups in total. The summed E-state index contributed by atoms with van der Waals surface area (Å²) in [4.78, 5) is 0. The summed E-state index contributed by atoms with van der Waals surface area (Å²) in [6, 6.07) is 22.0. The van der Waals surface area contributed by atoms with E-state index < -0.39 is 0 Å². The van der Waals surface area contributed by atoms with E-state index in [1.165, 1.54) is 45.5 Å². The molecule has 6 heterocycles. The first-order chi connectivity index (χ1) is 13.9. The molecule has 0 unspecified atom stereocenters. The minimum absolute atomic E-state index is 1.01. The lowest BCUT2D eigenvalue weighted by molar-refractivity contribution is 0.915. The van der Waals surface area contributed by atoms with E-state index in [9.17, 15) is 0 Å². The van der Waals surface area contributed by atoms with Gasteiger partial charge in [0, 0.05) is 71.5 Å². The molecule has 2 aliphatic heterocycles. The zero-order valence-corrected chi connectivity index (χ0v) is 15.3. The fourth-order valence-electron chi connectivity index (χ4n) is 4.88. The van der Waals surface area contributed by atoms with Gasteiger partial charge in [-0.05, 0) is 54.6 Å². The third-order valence-corrected chi connectivity index (χ3v) is 6.13. The van der Waals surface area contributed by atoms with Gasteiger partial charge in [0.15, 0.2) is 0 Å². The van der Waals surface area contributed by atoms with Gasteiger partial charge in [-0.2, -0.15) is 0 Å². The first-order valence-electron chi connectivity index (χ1n) is 9.71. The van der Waals surface area contributed by atoms with Crippen LogP contribution in [0.15, 0.2) is 85.5 Å². The second-order valence-corrected chi connectivity index (χ2v) is 7.68. The molecule has 0 atom stereocenters. The second kappa shape index (κ2) is 4.98. The van der Waals surface area contributed by atoms with E-state index in [0.29, 0.717) is 0 Å².